The van der Waals surface area contributed by atoms with Gasteiger partial charge in [0, 0.05) is 25.4 Å². The summed E-state index contributed by atoms with van der Waals surface area (Å²) in [5, 5.41) is 3.93. The van der Waals surface area contributed by atoms with E-state index in [4.69, 9.17) is 4.52 Å². The van der Waals surface area contributed by atoms with E-state index in [1.165, 1.54) is 4.90 Å². The zero-order valence-electron chi connectivity index (χ0n) is 12.1. The molecule has 2 aliphatic rings. The molecule has 5 nitrogen and oxygen atoms in total. The molecular formula is C14H18F3N3O2. The van der Waals surface area contributed by atoms with Crippen molar-refractivity contribution in [3.63, 3.8) is 0 Å². The molecule has 1 atom stereocenters. The van der Waals surface area contributed by atoms with E-state index in [0.717, 1.165) is 25.1 Å². The summed E-state index contributed by atoms with van der Waals surface area (Å²) in [6, 6.07) is 0. The Hall–Kier alpha value is -1.60. The number of halogens is 3. The van der Waals surface area contributed by atoms with Crippen molar-refractivity contribution in [1.29, 1.82) is 0 Å². The molecule has 1 aromatic rings. The van der Waals surface area contributed by atoms with Crippen LogP contribution in [-0.4, -0.2) is 40.2 Å². The first kappa shape index (κ1) is 15.3. The number of rotatable bonds is 4. The van der Waals surface area contributed by atoms with Gasteiger partial charge in [0.25, 0.3) is 0 Å². The van der Waals surface area contributed by atoms with Crippen LogP contribution in [0.5, 0.6) is 0 Å². The topological polar surface area (TPSA) is 59.2 Å². The van der Waals surface area contributed by atoms with Crippen molar-refractivity contribution in [2.24, 2.45) is 5.92 Å². The Labute approximate surface area is 125 Å². The number of nitrogens with zero attached hydrogens (tertiary/aromatic N) is 3. The average Bonchev–Trinajstić information content (AvgIpc) is 3.18. The maximum absolute atomic E-state index is 12.3. The van der Waals surface area contributed by atoms with Crippen molar-refractivity contribution in [3.05, 3.63) is 11.7 Å². The van der Waals surface area contributed by atoms with Crippen LogP contribution in [0.3, 0.4) is 0 Å². The highest BCUT2D eigenvalue weighted by Crippen LogP contribution is 2.38. The van der Waals surface area contributed by atoms with Crippen LogP contribution in [0.2, 0.25) is 0 Å². The molecule has 0 aromatic carbocycles. The molecule has 0 radical (unpaired) electrons. The molecule has 22 heavy (non-hydrogen) atoms. The van der Waals surface area contributed by atoms with Crippen molar-refractivity contribution in [2.75, 3.05) is 13.1 Å². The lowest BCUT2D eigenvalue weighted by atomic mass is 9.94. The molecule has 2 fully saturated rings. The molecule has 0 N–H and O–H groups in total. The van der Waals surface area contributed by atoms with Gasteiger partial charge in [-0.15, -0.1) is 0 Å². The Morgan fingerprint density at radius 2 is 2.09 bits per heavy atom. The number of alkyl halides is 3. The van der Waals surface area contributed by atoms with Gasteiger partial charge >= 0.3 is 6.18 Å². The zero-order valence-corrected chi connectivity index (χ0v) is 12.1. The number of carbonyl (C=O) groups excluding carboxylic acids is 1. The minimum absolute atomic E-state index is 0.0819. The van der Waals surface area contributed by atoms with Gasteiger partial charge in [0.2, 0.25) is 11.8 Å². The summed E-state index contributed by atoms with van der Waals surface area (Å²) in [5.41, 5.74) is 0. The predicted molar refractivity (Wildman–Crippen MR) is 70.0 cm³/mol. The summed E-state index contributed by atoms with van der Waals surface area (Å²) in [6.45, 7) is 0.721. The SMILES string of the molecule is O=C(CC(F)(F)F)N1CCC[C@@H](Cc2nc(C3CC3)no2)C1. The maximum Gasteiger partial charge on any atom is 0.397 e. The number of aromatic nitrogens is 2. The Morgan fingerprint density at radius 3 is 2.77 bits per heavy atom. The number of hydrogen-bond acceptors (Lipinski definition) is 4. The summed E-state index contributed by atoms with van der Waals surface area (Å²) in [4.78, 5) is 17.3. The van der Waals surface area contributed by atoms with Gasteiger partial charge in [0.05, 0.1) is 0 Å². The van der Waals surface area contributed by atoms with Crippen LogP contribution in [0.25, 0.3) is 0 Å². The standard InChI is InChI=1S/C14H18F3N3O2/c15-14(16,17)7-12(21)20-5-1-2-9(8-20)6-11-18-13(19-22-11)10-3-4-10/h9-10H,1-8H2/t9-/m0/s1. The summed E-state index contributed by atoms with van der Waals surface area (Å²) in [5.74, 6) is 0.904. The van der Waals surface area contributed by atoms with Crippen molar-refractivity contribution >= 4 is 5.91 Å². The van der Waals surface area contributed by atoms with Crippen LogP contribution in [0, 0.1) is 5.92 Å². The summed E-state index contributed by atoms with van der Waals surface area (Å²) in [7, 11) is 0. The number of likely N-dealkylation sites (tertiary alicyclic amines) is 1. The molecule has 0 unspecified atom stereocenters. The highest BCUT2D eigenvalue weighted by molar-refractivity contribution is 5.76. The van der Waals surface area contributed by atoms with E-state index in [9.17, 15) is 18.0 Å². The predicted octanol–water partition coefficient (Wildman–Crippen LogP) is 2.68. The average molecular weight is 317 g/mol. The van der Waals surface area contributed by atoms with E-state index in [2.05, 4.69) is 10.1 Å². The lowest BCUT2D eigenvalue weighted by Gasteiger charge is -2.32. The molecule has 1 saturated heterocycles. The lowest BCUT2D eigenvalue weighted by molar-refractivity contribution is -0.162. The van der Waals surface area contributed by atoms with Gasteiger partial charge in [-0.3, -0.25) is 4.79 Å². The molecule has 8 heteroatoms. The molecule has 1 saturated carbocycles. The molecule has 1 aliphatic carbocycles. The molecule has 0 bridgehead atoms. The largest absolute Gasteiger partial charge is 0.397 e. The third-order valence-corrected chi connectivity index (χ3v) is 4.11. The fourth-order valence-electron chi connectivity index (χ4n) is 2.85. The van der Waals surface area contributed by atoms with E-state index >= 15 is 0 Å². The number of hydrogen-bond donors (Lipinski definition) is 0. The zero-order chi connectivity index (χ0) is 15.7. The Balaban J connectivity index is 1.54. The van der Waals surface area contributed by atoms with Crippen molar-refractivity contribution in [1.82, 2.24) is 15.0 Å². The van der Waals surface area contributed by atoms with Crippen LogP contribution >= 0.6 is 0 Å². The fourth-order valence-corrected chi connectivity index (χ4v) is 2.85. The van der Waals surface area contributed by atoms with Gasteiger partial charge in [-0.2, -0.15) is 18.2 Å². The smallest absolute Gasteiger partial charge is 0.342 e. The quantitative estimate of drug-likeness (QED) is 0.856. The second-order valence-corrected chi connectivity index (χ2v) is 6.16. The van der Waals surface area contributed by atoms with Crippen molar-refractivity contribution in [3.8, 4) is 0 Å². The summed E-state index contributed by atoms with van der Waals surface area (Å²) < 4.78 is 42.1. The van der Waals surface area contributed by atoms with Gasteiger partial charge in [0.1, 0.15) is 6.42 Å². The molecule has 2 heterocycles. The summed E-state index contributed by atoms with van der Waals surface area (Å²) >= 11 is 0. The minimum atomic E-state index is -4.45. The van der Waals surface area contributed by atoms with Crippen molar-refractivity contribution < 1.29 is 22.5 Å². The second kappa shape index (κ2) is 5.89. The van der Waals surface area contributed by atoms with Crippen LogP contribution in [0.1, 0.15) is 49.7 Å². The molecule has 3 rings (SSSR count). The maximum atomic E-state index is 12.3. The van der Waals surface area contributed by atoms with Gasteiger partial charge in [0.15, 0.2) is 5.82 Å². The first-order valence-electron chi connectivity index (χ1n) is 7.58. The molecule has 0 spiro atoms. The lowest BCUT2D eigenvalue weighted by Crippen LogP contribution is -2.42. The van der Waals surface area contributed by atoms with Crippen LogP contribution in [-0.2, 0) is 11.2 Å². The van der Waals surface area contributed by atoms with Crippen LogP contribution < -0.4 is 0 Å². The Morgan fingerprint density at radius 1 is 1.32 bits per heavy atom. The normalized spacial score (nSPS) is 22.9. The highest BCUT2D eigenvalue weighted by Gasteiger charge is 2.35. The molecule has 122 valence electrons. The summed E-state index contributed by atoms with van der Waals surface area (Å²) in [6.07, 6.45) is -1.57. The fraction of sp³-hybridized carbons (Fsp3) is 0.786. The molecule has 1 aromatic heterocycles. The molecular weight excluding hydrogens is 299 g/mol. The van der Waals surface area contributed by atoms with E-state index in [1.807, 2.05) is 0 Å². The first-order chi connectivity index (χ1) is 10.4. The minimum Gasteiger partial charge on any atom is -0.342 e. The van der Waals surface area contributed by atoms with E-state index in [0.29, 0.717) is 37.7 Å². The Kier molecular flexibility index (Phi) is 4.10. The Bertz CT molecular complexity index is 540. The second-order valence-electron chi connectivity index (χ2n) is 6.16. The van der Waals surface area contributed by atoms with E-state index < -0.39 is 18.5 Å². The molecule has 1 aliphatic heterocycles. The third-order valence-electron chi connectivity index (χ3n) is 4.11. The monoisotopic (exact) mass is 317 g/mol. The molecule has 1 amide bonds. The van der Waals surface area contributed by atoms with E-state index in [-0.39, 0.29) is 5.92 Å². The number of amides is 1. The van der Waals surface area contributed by atoms with Crippen LogP contribution in [0.4, 0.5) is 13.2 Å². The first-order valence-corrected chi connectivity index (χ1v) is 7.58. The van der Waals surface area contributed by atoms with Gasteiger partial charge in [-0.1, -0.05) is 5.16 Å². The van der Waals surface area contributed by atoms with E-state index in [1.54, 1.807) is 0 Å². The van der Waals surface area contributed by atoms with Gasteiger partial charge < -0.3 is 9.42 Å². The van der Waals surface area contributed by atoms with Gasteiger partial charge in [-0.25, -0.2) is 0 Å². The number of piperidine rings is 1. The number of carbonyl (C=O) groups is 1. The van der Waals surface area contributed by atoms with Crippen molar-refractivity contribution in [2.45, 2.75) is 50.6 Å². The van der Waals surface area contributed by atoms with Gasteiger partial charge in [-0.05, 0) is 31.6 Å². The third kappa shape index (κ3) is 3.98. The highest BCUT2D eigenvalue weighted by atomic mass is 19.4. The van der Waals surface area contributed by atoms with Crippen LogP contribution in [0.15, 0.2) is 4.52 Å².